The van der Waals surface area contributed by atoms with Crippen LogP contribution >= 0.6 is 0 Å². The van der Waals surface area contributed by atoms with E-state index in [1.54, 1.807) is 18.2 Å². The standard InChI is InChI=1S/C18H28N2O4/c1-16(2,3)24-15(21)20-14(12-23-17(20,4)5)18(6,22-7)13-10-8-9-11-19-13/h8-11,14H,12H2,1-7H3/t14-,18?/m0/s1. The second kappa shape index (κ2) is 6.33. The molecule has 0 radical (unpaired) electrons. The summed E-state index contributed by atoms with van der Waals surface area (Å²) in [5, 5.41) is 0. The lowest BCUT2D eigenvalue weighted by atomic mass is 9.91. The molecule has 0 aliphatic carbocycles. The zero-order valence-corrected chi connectivity index (χ0v) is 15.6. The van der Waals surface area contributed by atoms with E-state index in [1.807, 2.05) is 59.7 Å². The van der Waals surface area contributed by atoms with Gasteiger partial charge in [-0.05, 0) is 53.7 Å². The summed E-state index contributed by atoms with van der Waals surface area (Å²) in [4.78, 5) is 18.9. The molecule has 2 atom stereocenters. The van der Waals surface area contributed by atoms with Gasteiger partial charge >= 0.3 is 6.09 Å². The van der Waals surface area contributed by atoms with Gasteiger partial charge < -0.3 is 14.2 Å². The molecule has 1 aromatic heterocycles. The lowest BCUT2D eigenvalue weighted by Crippen LogP contribution is -2.56. The molecule has 1 aromatic rings. The number of pyridine rings is 1. The first-order valence-electron chi connectivity index (χ1n) is 8.14. The molecule has 0 aromatic carbocycles. The van der Waals surface area contributed by atoms with E-state index in [0.29, 0.717) is 6.61 Å². The van der Waals surface area contributed by atoms with Crippen molar-refractivity contribution in [3.63, 3.8) is 0 Å². The number of nitrogens with zero attached hydrogens (tertiary/aromatic N) is 2. The number of methoxy groups -OCH3 is 1. The van der Waals surface area contributed by atoms with E-state index in [9.17, 15) is 4.79 Å². The minimum atomic E-state index is -0.814. The molecule has 2 heterocycles. The Morgan fingerprint density at radius 1 is 1.33 bits per heavy atom. The molecular formula is C18H28N2O4. The summed E-state index contributed by atoms with van der Waals surface area (Å²) in [6.45, 7) is 11.5. The van der Waals surface area contributed by atoms with Crippen LogP contribution in [0.15, 0.2) is 24.4 Å². The van der Waals surface area contributed by atoms with Gasteiger partial charge in [-0.1, -0.05) is 6.07 Å². The number of ether oxygens (including phenoxy) is 3. The fourth-order valence-corrected chi connectivity index (χ4v) is 2.93. The quantitative estimate of drug-likeness (QED) is 0.847. The van der Waals surface area contributed by atoms with Crippen LogP contribution in [0.2, 0.25) is 0 Å². The molecule has 0 N–H and O–H groups in total. The number of amides is 1. The highest BCUT2D eigenvalue weighted by Gasteiger charge is 2.54. The first kappa shape index (κ1) is 18.7. The highest BCUT2D eigenvalue weighted by molar-refractivity contribution is 5.70. The average Bonchev–Trinajstić information content (AvgIpc) is 2.81. The summed E-state index contributed by atoms with van der Waals surface area (Å²) in [6.07, 6.45) is 1.29. The molecule has 0 bridgehead atoms. The number of carbonyl (C=O) groups excluding carboxylic acids is 1. The first-order chi connectivity index (χ1) is 11.0. The van der Waals surface area contributed by atoms with Crippen LogP contribution < -0.4 is 0 Å². The first-order valence-corrected chi connectivity index (χ1v) is 8.14. The molecule has 134 valence electrons. The predicted octanol–water partition coefficient (Wildman–Crippen LogP) is 3.32. The van der Waals surface area contributed by atoms with Crippen molar-refractivity contribution in [2.45, 2.75) is 64.5 Å². The van der Waals surface area contributed by atoms with Crippen LogP contribution in [0.25, 0.3) is 0 Å². The maximum Gasteiger partial charge on any atom is 0.413 e. The van der Waals surface area contributed by atoms with Crippen molar-refractivity contribution in [1.82, 2.24) is 9.88 Å². The van der Waals surface area contributed by atoms with Crippen LogP contribution in [0.3, 0.4) is 0 Å². The number of aromatic nitrogens is 1. The Morgan fingerprint density at radius 3 is 2.50 bits per heavy atom. The van der Waals surface area contributed by atoms with E-state index in [1.165, 1.54) is 0 Å². The lowest BCUT2D eigenvalue weighted by Gasteiger charge is -2.41. The van der Waals surface area contributed by atoms with Gasteiger partial charge in [-0.3, -0.25) is 9.88 Å². The second-order valence-electron chi connectivity index (χ2n) is 7.65. The van der Waals surface area contributed by atoms with Gasteiger partial charge in [0.05, 0.1) is 18.3 Å². The fourth-order valence-electron chi connectivity index (χ4n) is 2.93. The summed E-state index contributed by atoms with van der Waals surface area (Å²) in [5.41, 5.74) is -1.45. The molecule has 1 saturated heterocycles. The molecule has 2 rings (SSSR count). The number of hydrogen-bond acceptors (Lipinski definition) is 5. The van der Waals surface area contributed by atoms with Crippen molar-refractivity contribution >= 4 is 6.09 Å². The van der Waals surface area contributed by atoms with Crippen molar-refractivity contribution in [2.75, 3.05) is 13.7 Å². The summed E-state index contributed by atoms with van der Waals surface area (Å²) in [5.74, 6) is 0. The van der Waals surface area contributed by atoms with Crippen LogP contribution in [0.4, 0.5) is 4.79 Å². The van der Waals surface area contributed by atoms with E-state index in [0.717, 1.165) is 5.69 Å². The second-order valence-corrected chi connectivity index (χ2v) is 7.65. The summed E-state index contributed by atoms with van der Waals surface area (Å²) in [6, 6.07) is 5.28. The number of hydrogen-bond donors (Lipinski definition) is 0. The smallest absolute Gasteiger partial charge is 0.413 e. The van der Waals surface area contributed by atoms with Crippen LogP contribution in [0.5, 0.6) is 0 Å². The number of rotatable bonds is 3. The third-order valence-electron chi connectivity index (χ3n) is 4.31. The minimum Gasteiger partial charge on any atom is -0.444 e. The Kier molecular flexibility index (Phi) is 4.93. The van der Waals surface area contributed by atoms with E-state index >= 15 is 0 Å². The summed E-state index contributed by atoms with van der Waals surface area (Å²) < 4.78 is 17.3. The third-order valence-corrected chi connectivity index (χ3v) is 4.31. The monoisotopic (exact) mass is 336 g/mol. The summed E-state index contributed by atoms with van der Waals surface area (Å²) >= 11 is 0. The van der Waals surface area contributed by atoms with Crippen LogP contribution in [-0.4, -0.2) is 47.1 Å². The molecule has 6 heteroatoms. The normalized spacial score (nSPS) is 23.0. The molecule has 1 amide bonds. The van der Waals surface area contributed by atoms with Crippen LogP contribution in [0, 0.1) is 0 Å². The SMILES string of the molecule is COC(C)(c1ccccn1)[C@@H]1COC(C)(C)N1C(=O)OC(C)(C)C. The molecule has 1 aliphatic rings. The van der Waals surface area contributed by atoms with Gasteiger partial charge in [0.15, 0.2) is 0 Å². The van der Waals surface area contributed by atoms with Gasteiger partial charge in [0, 0.05) is 13.3 Å². The van der Waals surface area contributed by atoms with E-state index in [-0.39, 0.29) is 6.04 Å². The molecule has 24 heavy (non-hydrogen) atoms. The molecule has 1 aliphatic heterocycles. The Balaban J connectivity index is 2.41. The summed E-state index contributed by atoms with van der Waals surface area (Å²) in [7, 11) is 1.62. The highest BCUT2D eigenvalue weighted by atomic mass is 16.6. The maximum absolute atomic E-state index is 12.8. The molecule has 1 unspecified atom stereocenters. The highest BCUT2D eigenvalue weighted by Crippen LogP contribution is 2.40. The Hall–Kier alpha value is -1.66. The van der Waals surface area contributed by atoms with Crippen molar-refractivity contribution in [1.29, 1.82) is 0 Å². The van der Waals surface area contributed by atoms with Gasteiger partial charge in [-0.25, -0.2) is 4.79 Å². The maximum atomic E-state index is 12.8. The largest absolute Gasteiger partial charge is 0.444 e. The molecule has 0 spiro atoms. The lowest BCUT2D eigenvalue weighted by molar-refractivity contribution is -0.0915. The zero-order chi connectivity index (χ0) is 18.2. The van der Waals surface area contributed by atoms with E-state index < -0.39 is 23.0 Å². The molecule has 1 fully saturated rings. The average molecular weight is 336 g/mol. The zero-order valence-electron chi connectivity index (χ0n) is 15.6. The van der Waals surface area contributed by atoms with Crippen molar-refractivity contribution < 1.29 is 19.0 Å². The van der Waals surface area contributed by atoms with E-state index in [4.69, 9.17) is 14.2 Å². The predicted molar refractivity (Wildman–Crippen MR) is 90.5 cm³/mol. The van der Waals surface area contributed by atoms with Crippen molar-refractivity contribution in [2.24, 2.45) is 0 Å². The van der Waals surface area contributed by atoms with Crippen molar-refractivity contribution in [3.05, 3.63) is 30.1 Å². The number of carbonyl (C=O) groups is 1. The van der Waals surface area contributed by atoms with Crippen LogP contribution in [-0.2, 0) is 19.8 Å². The molecule has 6 nitrogen and oxygen atoms in total. The Morgan fingerprint density at radius 2 is 2.00 bits per heavy atom. The minimum absolute atomic E-state index is 0.340. The van der Waals surface area contributed by atoms with Crippen LogP contribution in [0.1, 0.15) is 47.2 Å². The van der Waals surface area contributed by atoms with E-state index in [2.05, 4.69) is 4.98 Å². The van der Waals surface area contributed by atoms with Gasteiger partial charge in [0.1, 0.15) is 16.9 Å². The van der Waals surface area contributed by atoms with Gasteiger partial charge in [0.25, 0.3) is 0 Å². The van der Waals surface area contributed by atoms with Gasteiger partial charge in [-0.15, -0.1) is 0 Å². The van der Waals surface area contributed by atoms with Crippen molar-refractivity contribution in [3.8, 4) is 0 Å². The Bertz CT molecular complexity index is 582. The Labute approximate surface area is 144 Å². The van der Waals surface area contributed by atoms with Gasteiger partial charge in [-0.2, -0.15) is 0 Å². The molecular weight excluding hydrogens is 308 g/mol. The van der Waals surface area contributed by atoms with Gasteiger partial charge in [0.2, 0.25) is 0 Å². The third kappa shape index (κ3) is 3.54. The fraction of sp³-hybridized carbons (Fsp3) is 0.667. The topological polar surface area (TPSA) is 60.9 Å². The molecule has 0 saturated carbocycles.